The van der Waals surface area contributed by atoms with Gasteiger partial charge in [0.1, 0.15) is 5.76 Å². The predicted molar refractivity (Wildman–Crippen MR) is 111 cm³/mol. The molecule has 0 aliphatic carbocycles. The number of esters is 1. The molecule has 0 saturated carbocycles. The summed E-state index contributed by atoms with van der Waals surface area (Å²) in [5, 5.41) is 0. The highest BCUT2D eigenvalue weighted by Crippen LogP contribution is 2.47. The molecule has 1 amide bonds. The number of fused-ring (bicyclic) bond motifs is 2. The van der Waals surface area contributed by atoms with Crippen LogP contribution in [0, 0.1) is 0 Å². The van der Waals surface area contributed by atoms with Crippen molar-refractivity contribution in [1.29, 1.82) is 0 Å². The molecule has 4 rings (SSSR count). The van der Waals surface area contributed by atoms with Gasteiger partial charge in [0.15, 0.2) is 11.3 Å². The molecule has 0 spiro atoms. The molecule has 1 aromatic heterocycles. The van der Waals surface area contributed by atoms with E-state index in [1.165, 1.54) is 12.2 Å². The van der Waals surface area contributed by atoms with Crippen LogP contribution in [0.25, 0.3) is 6.08 Å². The Balaban J connectivity index is 1.49. The third kappa shape index (κ3) is 3.90. The van der Waals surface area contributed by atoms with E-state index >= 15 is 0 Å². The molecule has 1 aliphatic heterocycles. The predicted octanol–water partition coefficient (Wildman–Crippen LogP) is 5.43. The normalized spacial score (nSPS) is 12.5. The molecule has 2 aromatic carbocycles. The molecule has 0 bridgehead atoms. The Hall–Kier alpha value is -2.77. The van der Waals surface area contributed by atoms with Crippen molar-refractivity contribution >= 4 is 57.0 Å². The van der Waals surface area contributed by atoms with Crippen molar-refractivity contribution in [2.24, 2.45) is 0 Å². The van der Waals surface area contributed by atoms with Gasteiger partial charge in [-0.1, -0.05) is 36.0 Å². The van der Waals surface area contributed by atoms with Gasteiger partial charge in [-0.05, 0) is 58.4 Å². The highest BCUT2D eigenvalue weighted by atomic mass is 79.9. The van der Waals surface area contributed by atoms with E-state index in [2.05, 4.69) is 15.9 Å². The van der Waals surface area contributed by atoms with Crippen molar-refractivity contribution in [3.8, 4) is 0 Å². The monoisotopic (exact) mass is 455 g/mol. The summed E-state index contributed by atoms with van der Waals surface area (Å²) in [5.74, 6) is -0.428. The number of para-hydroxylation sites is 2. The first kappa shape index (κ1) is 18.6. The van der Waals surface area contributed by atoms with Crippen molar-refractivity contribution < 1.29 is 18.7 Å². The molecule has 7 heteroatoms. The van der Waals surface area contributed by atoms with Crippen LogP contribution in [0.3, 0.4) is 0 Å². The second-order valence-corrected chi connectivity index (χ2v) is 7.71. The maximum Gasteiger partial charge on any atom is 0.331 e. The zero-order chi connectivity index (χ0) is 19.5. The average molecular weight is 456 g/mol. The van der Waals surface area contributed by atoms with Crippen molar-refractivity contribution in [3.63, 3.8) is 0 Å². The Kier molecular flexibility index (Phi) is 5.36. The Morgan fingerprint density at radius 2 is 1.64 bits per heavy atom. The fourth-order valence-corrected chi connectivity index (χ4v) is 4.16. The third-order valence-corrected chi connectivity index (χ3v) is 5.55. The van der Waals surface area contributed by atoms with Gasteiger partial charge in [-0.3, -0.25) is 9.69 Å². The number of hydrogen-bond donors (Lipinski definition) is 0. The van der Waals surface area contributed by atoms with Crippen LogP contribution in [0.1, 0.15) is 5.76 Å². The van der Waals surface area contributed by atoms with Gasteiger partial charge in [0.2, 0.25) is 0 Å². The minimum Gasteiger partial charge on any atom is -0.452 e. The molecule has 0 atom stereocenters. The number of rotatable bonds is 4. The van der Waals surface area contributed by atoms with E-state index in [-0.39, 0.29) is 12.5 Å². The summed E-state index contributed by atoms with van der Waals surface area (Å²) in [6.07, 6.45) is 2.71. The lowest BCUT2D eigenvalue weighted by atomic mass is 10.2. The molecule has 0 N–H and O–H groups in total. The summed E-state index contributed by atoms with van der Waals surface area (Å²) in [7, 11) is 0. The lowest BCUT2D eigenvalue weighted by molar-refractivity contribution is -0.142. The molecule has 1 aliphatic rings. The van der Waals surface area contributed by atoms with Crippen molar-refractivity contribution in [1.82, 2.24) is 0 Å². The number of anilines is 2. The van der Waals surface area contributed by atoms with E-state index in [4.69, 9.17) is 9.15 Å². The van der Waals surface area contributed by atoms with Crippen LogP contribution in [0.15, 0.2) is 85.6 Å². The second kappa shape index (κ2) is 8.08. The van der Waals surface area contributed by atoms with Gasteiger partial charge < -0.3 is 9.15 Å². The lowest BCUT2D eigenvalue weighted by Gasteiger charge is -2.30. The minimum absolute atomic E-state index is 0.317. The van der Waals surface area contributed by atoms with Crippen LogP contribution >= 0.6 is 27.7 Å². The molecule has 28 heavy (non-hydrogen) atoms. The quantitative estimate of drug-likeness (QED) is 0.387. The van der Waals surface area contributed by atoms with Gasteiger partial charge >= 0.3 is 5.97 Å². The first-order valence-electron chi connectivity index (χ1n) is 8.41. The van der Waals surface area contributed by atoms with E-state index in [1.807, 2.05) is 48.5 Å². The summed E-state index contributed by atoms with van der Waals surface area (Å²) >= 11 is 4.80. The molecule has 0 unspecified atom stereocenters. The van der Waals surface area contributed by atoms with E-state index < -0.39 is 5.97 Å². The maximum absolute atomic E-state index is 12.9. The molecular formula is C21H14BrNO4S. The number of nitrogens with zero attached hydrogens (tertiary/aromatic N) is 1. The summed E-state index contributed by atoms with van der Waals surface area (Å²) in [6.45, 7) is -0.363. The van der Waals surface area contributed by atoms with Crippen molar-refractivity contribution in [2.75, 3.05) is 11.5 Å². The number of amides is 1. The highest BCUT2D eigenvalue weighted by molar-refractivity contribution is 9.10. The molecule has 5 nitrogen and oxygen atoms in total. The number of ether oxygens (including phenoxy) is 1. The Morgan fingerprint density at radius 1 is 1.00 bits per heavy atom. The van der Waals surface area contributed by atoms with Gasteiger partial charge in [-0.25, -0.2) is 4.79 Å². The van der Waals surface area contributed by atoms with E-state index in [0.29, 0.717) is 10.4 Å². The largest absolute Gasteiger partial charge is 0.452 e. The van der Waals surface area contributed by atoms with Crippen LogP contribution in [0.5, 0.6) is 0 Å². The van der Waals surface area contributed by atoms with Crippen LogP contribution in [-0.2, 0) is 14.3 Å². The van der Waals surface area contributed by atoms with Gasteiger partial charge in [0, 0.05) is 15.9 Å². The van der Waals surface area contributed by atoms with E-state index in [0.717, 1.165) is 21.2 Å². The summed E-state index contributed by atoms with van der Waals surface area (Å²) in [4.78, 5) is 28.4. The van der Waals surface area contributed by atoms with Crippen LogP contribution in [-0.4, -0.2) is 18.5 Å². The van der Waals surface area contributed by atoms with E-state index in [9.17, 15) is 9.59 Å². The summed E-state index contributed by atoms with van der Waals surface area (Å²) < 4.78 is 11.0. The number of hydrogen-bond acceptors (Lipinski definition) is 5. The third-order valence-electron chi connectivity index (χ3n) is 4.00. The molecule has 3 aromatic rings. The summed E-state index contributed by atoms with van der Waals surface area (Å²) in [5.41, 5.74) is 1.56. The zero-order valence-electron chi connectivity index (χ0n) is 14.5. The topological polar surface area (TPSA) is 59.8 Å². The number of halogens is 1. The van der Waals surface area contributed by atoms with Crippen molar-refractivity contribution in [3.05, 3.63) is 77.2 Å². The highest BCUT2D eigenvalue weighted by Gasteiger charge is 2.28. The van der Waals surface area contributed by atoms with Crippen LogP contribution < -0.4 is 4.90 Å². The first-order valence-corrected chi connectivity index (χ1v) is 10.0. The molecule has 2 heterocycles. The average Bonchev–Trinajstić information content (AvgIpc) is 3.13. The lowest BCUT2D eigenvalue weighted by Crippen LogP contribution is -2.32. The molecule has 140 valence electrons. The first-order chi connectivity index (χ1) is 13.6. The number of carbonyl (C=O) groups is 2. The maximum atomic E-state index is 12.9. The number of benzene rings is 2. The summed E-state index contributed by atoms with van der Waals surface area (Å²) in [6, 6.07) is 18.7. The van der Waals surface area contributed by atoms with E-state index in [1.54, 1.807) is 28.8 Å². The standard InChI is InChI=1S/C21H14BrNO4S/c22-19-11-9-14(27-19)10-12-21(25)26-13-20(24)23-15-5-1-3-7-17(15)28-18-8-4-2-6-16(18)23/h1-12H,13H2/b12-10+. The minimum atomic E-state index is -0.617. The number of carbonyl (C=O) groups excluding carboxylic acids is 2. The van der Waals surface area contributed by atoms with Gasteiger partial charge in [0.25, 0.3) is 5.91 Å². The van der Waals surface area contributed by atoms with Crippen LogP contribution in [0.4, 0.5) is 11.4 Å². The molecule has 0 radical (unpaired) electrons. The van der Waals surface area contributed by atoms with Crippen LogP contribution in [0.2, 0.25) is 0 Å². The Morgan fingerprint density at radius 3 is 2.25 bits per heavy atom. The number of furan rings is 1. The Bertz CT molecular complexity index is 1030. The molecular weight excluding hydrogens is 442 g/mol. The molecule has 0 saturated heterocycles. The fraction of sp³-hybridized carbons (Fsp3) is 0.0476. The van der Waals surface area contributed by atoms with Gasteiger partial charge in [-0.15, -0.1) is 0 Å². The van der Waals surface area contributed by atoms with Crippen molar-refractivity contribution in [2.45, 2.75) is 9.79 Å². The Labute approximate surface area is 174 Å². The zero-order valence-corrected chi connectivity index (χ0v) is 16.9. The second-order valence-electron chi connectivity index (χ2n) is 5.85. The smallest absolute Gasteiger partial charge is 0.331 e. The van der Waals surface area contributed by atoms with Gasteiger partial charge in [-0.2, -0.15) is 0 Å². The fourth-order valence-electron chi connectivity index (χ4n) is 2.79. The SMILES string of the molecule is O=C(/C=C/c1ccc(Br)o1)OCC(=O)N1c2ccccc2Sc2ccccc21. The molecule has 0 fully saturated rings. The van der Waals surface area contributed by atoms with Gasteiger partial charge in [0.05, 0.1) is 11.4 Å².